The molecular formula is C21H29ClFNO5S. The van der Waals surface area contributed by atoms with E-state index in [-0.39, 0.29) is 23.3 Å². The topological polar surface area (TPSA) is 83.9 Å². The second kappa shape index (κ2) is 9.75. The molecule has 1 N–H and O–H groups in total. The average molecular weight is 462 g/mol. The van der Waals surface area contributed by atoms with Crippen molar-refractivity contribution in [2.75, 3.05) is 12.4 Å². The summed E-state index contributed by atoms with van der Waals surface area (Å²) in [4.78, 5) is 26.0. The van der Waals surface area contributed by atoms with Gasteiger partial charge in [0.25, 0.3) is 5.91 Å². The Morgan fingerprint density at radius 3 is 2.53 bits per heavy atom. The number of morpholine rings is 1. The lowest BCUT2D eigenvalue weighted by atomic mass is 9.95. The molecule has 6 nitrogen and oxygen atoms in total. The minimum Gasteiger partial charge on any atom is -0.481 e. The molecule has 0 saturated carbocycles. The molecule has 0 aromatic heterocycles. The van der Waals surface area contributed by atoms with Gasteiger partial charge >= 0.3 is 5.97 Å². The Morgan fingerprint density at radius 2 is 2.03 bits per heavy atom. The zero-order chi connectivity index (χ0) is 22.8. The summed E-state index contributed by atoms with van der Waals surface area (Å²) in [7, 11) is -1.25. The van der Waals surface area contributed by atoms with Gasteiger partial charge in [-0.3, -0.25) is 13.8 Å². The van der Waals surface area contributed by atoms with E-state index in [4.69, 9.17) is 21.4 Å². The fourth-order valence-corrected chi connectivity index (χ4v) is 4.83. The Labute approximate surface area is 184 Å². The van der Waals surface area contributed by atoms with Gasteiger partial charge in [-0.05, 0) is 44.4 Å². The molecule has 1 aliphatic rings. The number of nitrogens with zero attached hydrogens (tertiary/aromatic N) is 1. The smallest absolute Gasteiger partial charge is 0.306 e. The zero-order valence-electron chi connectivity index (χ0n) is 17.9. The number of carbonyl (C=O) groups is 2. The van der Waals surface area contributed by atoms with Gasteiger partial charge in [-0.25, -0.2) is 4.39 Å². The predicted octanol–water partition coefficient (Wildman–Crippen LogP) is 3.79. The number of carboxylic acid groups (broad SMARTS) is 1. The lowest BCUT2D eigenvalue weighted by molar-refractivity contribution is -0.169. The summed E-state index contributed by atoms with van der Waals surface area (Å²) < 4.78 is 32.1. The second-order valence-electron chi connectivity index (χ2n) is 8.79. The van der Waals surface area contributed by atoms with Gasteiger partial charge in [-0.1, -0.05) is 31.5 Å². The van der Waals surface area contributed by atoms with Gasteiger partial charge in [0.1, 0.15) is 11.9 Å². The number of benzene rings is 1. The van der Waals surface area contributed by atoms with Crippen LogP contribution in [0.2, 0.25) is 5.02 Å². The molecule has 1 aromatic carbocycles. The van der Waals surface area contributed by atoms with Gasteiger partial charge in [0.2, 0.25) is 0 Å². The van der Waals surface area contributed by atoms with E-state index in [0.29, 0.717) is 5.56 Å². The van der Waals surface area contributed by atoms with Gasteiger partial charge in [0.15, 0.2) is 0 Å². The number of amides is 1. The van der Waals surface area contributed by atoms with Crippen molar-refractivity contribution in [3.63, 3.8) is 0 Å². The average Bonchev–Trinajstić information content (AvgIpc) is 2.62. The van der Waals surface area contributed by atoms with E-state index < -0.39 is 57.8 Å². The Bertz CT molecular complexity index is 826. The third kappa shape index (κ3) is 5.80. The predicted molar refractivity (Wildman–Crippen MR) is 114 cm³/mol. The third-order valence-electron chi connectivity index (χ3n) is 5.14. The van der Waals surface area contributed by atoms with Crippen molar-refractivity contribution in [3.8, 4) is 0 Å². The van der Waals surface area contributed by atoms with E-state index >= 15 is 0 Å². The Balaban J connectivity index is 2.49. The van der Waals surface area contributed by atoms with Crippen LogP contribution in [-0.4, -0.2) is 55.3 Å². The second-order valence-corrected chi connectivity index (χ2v) is 11.4. The van der Waals surface area contributed by atoms with E-state index in [0.717, 1.165) is 0 Å². The van der Waals surface area contributed by atoms with Crippen molar-refractivity contribution in [2.45, 2.75) is 64.0 Å². The van der Waals surface area contributed by atoms with E-state index in [1.165, 1.54) is 12.1 Å². The zero-order valence-corrected chi connectivity index (χ0v) is 19.4. The summed E-state index contributed by atoms with van der Waals surface area (Å²) in [6.07, 6.45) is -1.61. The molecule has 1 heterocycles. The summed E-state index contributed by atoms with van der Waals surface area (Å²) in [6.45, 7) is 9.43. The number of carboxylic acids is 1. The number of halogens is 2. The highest BCUT2D eigenvalue weighted by atomic mass is 35.5. The number of rotatable bonds is 7. The van der Waals surface area contributed by atoms with Crippen molar-refractivity contribution in [1.29, 1.82) is 0 Å². The lowest BCUT2D eigenvalue weighted by Crippen LogP contribution is -2.57. The molecule has 0 bridgehead atoms. The fourth-order valence-electron chi connectivity index (χ4n) is 3.35. The number of carbonyl (C=O) groups excluding carboxylic acids is 1. The molecule has 1 aromatic rings. The highest BCUT2D eigenvalue weighted by Crippen LogP contribution is 2.34. The van der Waals surface area contributed by atoms with Crippen LogP contribution in [0.3, 0.4) is 0 Å². The van der Waals surface area contributed by atoms with Gasteiger partial charge in [0, 0.05) is 27.3 Å². The molecule has 4 unspecified atom stereocenters. The summed E-state index contributed by atoms with van der Waals surface area (Å²) in [5.41, 5.74) is 0.492. The lowest BCUT2D eigenvalue weighted by Gasteiger charge is -2.45. The molecule has 0 aliphatic carbocycles. The molecule has 1 amide bonds. The van der Waals surface area contributed by atoms with Crippen LogP contribution in [0.4, 0.5) is 4.39 Å². The van der Waals surface area contributed by atoms with Crippen LogP contribution in [-0.2, 0) is 25.1 Å². The molecule has 0 spiro atoms. The first-order chi connectivity index (χ1) is 13.8. The van der Waals surface area contributed by atoms with Crippen molar-refractivity contribution in [3.05, 3.63) is 34.6 Å². The molecule has 0 radical (unpaired) electrons. The Kier molecular flexibility index (Phi) is 8.04. The number of ether oxygens (including phenoxy) is 1. The van der Waals surface area contributed by atoms with Crippen molar-refractivity contribution in [1.82, 2.24) is 4.90 Å². The maximum atomic E-state index is 14.1. The number of hydrogen-bond donors (Lipinski definition) is 1. The molecule has 30 heavy (non-hydrogen) atoms. The minimum atomic E-state index is -1.25. The first-order valence-corrected chi connectivity index (χ1v) is 11.5. The SMILES string of the molecule is CC(C)C(CS(=O)C(C)(C)C)N1C(=O)C(CC(=O)O)OCC1c1ccc(Cl)c(F)c1. The fraction of sp³-hybridized carbons (Fsp3) is 0.619. The molecule has 1 saturated heterocycles. The normalized spacial score (nSPS) is 22.3. The first kappa shape index (κ1) is 24.8. The third-order valence-corrected chi connectivity index (χ3v) is 7.46. The molecule has 4 atom stereocenters. The van der Waals surface area contributed by atoms with Crippen LogP contribution in [0.5, 0.6) is 0 Å². The van der Waals surface area contributed by atoms with Gasteiger partial charge < -0.3 is 14.7 Å². The quantitative estimate of drug-likeness (QED) is 0.667. The monoisotopic (exact) mass is 461 g/mol. The number of aliphatic carboxylic acids is 1. The minimum absolute atomic E-state index is 0.0101. The van der Waals surface area contributed by atoms with Gasteiger partial charge in [-0.15, -0.1) is 0 Å². The summed E-state index contributed by atoms with van der Waals surface area (Å²) in [5, 5.41) is 9.12. The van der Waals surface area contributed by atoms with Gasteiger partial charge in [-0.2, -0.15) is 0 Å². The van der Waals surface area contributed by atoms with Crippen LogP contribution in [0.1, 0.15) is 52.6 Å². The van der Waals surface area contributed by atoms with E-state index in [9.17, 15) is 18.2 Å². The van der Waals surface area contributed by atoms with E-state index in [1.807, 2.05) is 34.6 Å². The van der Waals surface area contributed by atoms with Crippen LogP contribution < -0.4 is 0 Å². The van der Waals surface area contributed by atoms with Crippen molar-refractivity contribution in [2.24, 2.45) is 5.92 Å². The molecule has 1 fully saturated rings. The van der Waals surface area contributed by atoms with Crippen LogP contribution >= 0.6 is 11.6 Å². The molecule has 1 aliphatic heterocycles. The van der Waals surface area contributed by atoms with Crippen LogP contribution in [0.15, 0.2) is 18.2 Å². The summed E-state index contributed by atoms with van der Waals surface area (Å²) >= 11 is 5.80. The standard InChI is InChI=1S/C21H29ClFNO5S/c1-12(2)17(11-30(28)21(3,4)5)24-16(13-6-7-14(22)15(23)8-13)10-29-18(20(24)27)9-19(25)26/h6-8,12,16-18H,9-11H2,1-5H3,(H,25,26). The summed E-state index contributed by atoms with van der Waals surface area (Å²) in [6, 6.07) is 3.21. The van der Waals surface area contributed by atoms with Gasteiger partial charge in [0.05, 0.1) is 24.1 Å². The maximum absolute atomic E-state index is 14.1. The molecular weight excluding hydrogens is 433 g/mol. The Hall–Kier alpha value is -1.51. The largest absolute Gasteiger partial charge is 0.481 e. The molecule has 2 rings (SSSR count). The first-order valence-electron chi connectivity index (χ1n) is 9.82. The summed E-state index contributed by atoms with van der Waals surface area (Å²) in [5.74, 6) is -2.10. The Morgan fingerprint density at radius 1 is 1.40 bits per heavy atom. The van der Waals surface area contributed by atoms with Crippen molar-refractivity contribution < 1.29 is 28.0 Å². The highest BCUT2D eigenvalue weighted by molar-refractivity contribution is 7.86. The van der Waals surface area contributed by atoms with E-state index in [1.54, 1.807) is 11.0 Å². The van der Waals surface area contributed by atoms with Crippen LogP contribution in [0, 0.1) is 11.7 Å². The molecule has 9 heteroatoms. The maximum Gasteiger partial charge on any atom is 0.306 e. The highest BCUT2D eigenvalue weighted by Gasteiger charge is 2.43. The van der Waals surface area contributed by atoms with Crippen molar-refractivity contribution >= 4 is 34.3 Å². The van der Waals surface area contributed by atoms with Crippen LogP contribution in [0.25, 0.3) is 0 Å². The molecule has 168 valence electrons. The number of hydrogen-bond acceptors (Lipinski definition) is 4. The van der Waals surface area contributed by atoms with E-state index in [2.05, 4.69) is 0 Å².